The lowest BCUT2D eigenvalue weighted by Gasteiger charge is -2.12. The van der Waals surface area contributed by atoms with Crippen LogP contribution in [0, 0.1) is 5.92 Å². The van der Waals surface area contributed by atoms with E-state index in [2.05, 4.69) is 9.55 Å². The van der Waals surface area contributed by atoms with Crippen LogP contribution in [0.4, 0.5) is 0 Å². The van der Waals surface area contributed by atoms with Crippen molar-refractivity contribution in [3.8, 4) is 5.75 Å². The lowest BCUT2D eigenvalue weighted by molar-refractivity contribution is 0.182. The molecule has 0 saturated carbocycles. The number of halogens is 1. The Bertz CT molecular complexity index is 576. The molecular formula is C14H17ClN2O2. The van der Waals surface area contributed by atoms with Crippen molar-refractivity contribution in [2.24, 2.45) is 5.92 Å². The SMILES string of the molecule is COc1ccc2c(c1)nc(CCl)n2CC1CCOC1. The van der Waals surface area contributed by atoms with Crippen molar-refractivity contribution in [2.75, 3.05) is 20.3 Å². The van der Waals surface area contributed by atoms with Crippen molar-refractivity contribution < 1.29 is 9.47 Å². The molecule has 1 aliphatic heterocycles. The van der Waals surface area contributed by atoms with Crippen molar-refractivity contribution in [3.05, 3.63) is 24.0 Å². The molecule has 1 atom stereocenters. The predicted molar refractivity (Wildman–Crippen MR) is 74.8 cm³/mol. The quantitative estimate of drug-likeness (QED) is 0.808. The average molecular weight is 281 g/mol. The molecule has 1 saturated heterocycles. The van der Waals surface area contributed by atoms with Gasteiger partial charge in [0.05, 0.1) is 30.6 Å². The number of nitrogens with zero attached hydrogens (tertiary/aromatic N) is 2. The molecule has 0 amide bonds. The summed E-state index contributed by atoms with van der Waals surface area (Å²) in [6, 6.07) is 5.96. The smallest absolute Gasteiger partial charge is 0.124 e. The molecular weight excluding hydrogens is 264 g/mol. The van der Waals surface area contributed by atoms with Crippen LogP contribution in [-0.2, 0) is 17.2 Å². The van der Waals surface area contributed by atoms with Crippen molar-refractivity contribution in [2.45, 2.75) is 18.8 Å². The Labute approximate surface area is 117 Å². The van der Waals surface area contributed by atoms with Crippen molar-refractivity contribution in [3.63, 3.8) is 0 Å². The first kappa shape index (κ1) is 12.8. The monoisotopic (exact) mass is 280 g/mol. The number of imidazole rings is 1. The number of rotatable bonds is 4. The van der Waals surface area contributed by atoms with Crippen molar-refractivity contribution >= 4 is 22.6 Å². The van der Waals surface area contributed by atoms with Gasteiger partial charge in [0.25, 0.3) is 0 Å². The molecule has 4 nitrogen and oxygen atoms in total. The van der Waals surface area contributed by atoms with Gasteiger partial charge in [-0.1, -0.05) is 0 Å². The first-order valence-electron chi connectivity index (χ1n) is 6.48. The number of benzene rings is 1. The van der Waals surface area contributed by atoms with Gasteiger partial charge in [-0.2, -0.15) is 0 Å². The summed E-state index contributed by atoms with van der Waals surface area (Å²) in [5.41, 5.74) is 2.05. The molecule has 2 heterocycles. The highest BCUT2D eigenvalue weighted by molar-refractivity contribution is 6.16. The molecule has 0 N–H and O–H groups in total. The van der Waals surface area contributed by atoms with Gasteiger partial charge in [-0.25, -0.2) is 4.98 Å². The van der Waals surface area contributed by atoms with E-state index >= 15 is 0 Å². The number of aromatic nitrogens is 2. The molecule has 5 heteroatoms. The molecule has 102 valence electrons. The molecule has 1 fully saturated rings. The average Bonchev–Trinajstić information content (AvgIpc) is 3.06. The fourth-order valence-electron chi connectivity index (χ4n) is 2.58. The van der Waals surface area contributed by atoms with E-state index in [9.17, 15) is 0 Å². The Balaban J connectivity index is 2.00. The lowest BCUT2D eigenvalue weighted by atomic mass is 10.1. The van der Waals surface area contributed by atoms with E-state index in [1.807, 2.05) is 18.2 Å². The van der Waals surface area contributed by atoms with Gasteiger partial charge in [0.1, 0.15) is 11.6 Å². The van der Waals surface area contributed by atoms with Crippen LogP contribution in [0.15, 0.2) is 18.2 Å². The van der Waals surface area contributed by atoms with Gasteiger partial charge < -0.3 is 14.0 Å². The van der Waals surface area contributed by atoms with E-state index in [1.165, 1.54) is 0 Å². The number of hydrogen-bond acceptors (Lipinski definition) is 3. The highest BCUT2D eigenvalue weighted by Gasteiger charge is 2.19. The molecule has 0 spiro atoms. The number of fused-ring (bicyclic) bond motifs is 1. The standard InChI is InChI=1S/C14H17ClN2O2/c1-18-11-2-3-13-12(6-11)16-14(7-15)17(13)8-10-4-5-19-9-10/h2-3,6,10H,4-5,7-9H2,1H3. The number of hydrogen-bond donors (Lipinski definition) is 0. The molecule has 1 unspecified atom stereocenters. The zero-order chi connectivity index (χ0) is 13.2. The Morgan fingerprint density at radius 3 is 3.11 bits per heavy atom. The summed E-state index contributed by atoms with van der Waals surface area (Å²) in [6.07, 6.45) is 1.11. The first-order chi connectivity index (χ1) is 9.31. The Morgan fingerprint density at radius 2 is 2.42 bits per heavy atom. The second-order valence-corrected chi connectivity index (χ2v) is 5.12. The third kappa shape index (κ3) is 2.42. The third-order valence-corrected chi connectivity index (χ3v) is 3.86. The van der Waals surface area contributed by atoms with Gasteiger partial charge in [0.15, 0.2) is 0 Å². The maximum atomic E-state index is 6.02. The zero-order valence-electron chi connectivity index (χ0n) is 10.9. The summed E-state index contributed by atoms with van der Waals surface area (Å²) in [7, 11) is 1.66. The second kappa shape index (κ2) is 5.39. The van der Waals surface area contributed by atoms with Crippen LogP contribution in [0.25, 0.3) is 11.0 Å². The summed E-state index contributed by atoms with van der Waals surface area (Å²) in [5, 5.41) is 0. The van der Waals surface area contributed by atoms with E-state index < -0.39 is 0 Å². The predicted octanol–water partition coefficient (Wildman–Crippen LogP) is 2.82. The molecule has 3 rings (SSSR count). The molecule has 2 aromatic rings. The molecule has 1 aromatic heterocycles. The molecule has 19 heavy (non-hydrogen) atoms. The minimum absolute atomic E-state index is 0.421. The Kier molecular flexibility index (Phi) is 3.62. The Hall–Kier alpha value is -1.26. The van der Waals surface area contributed by atoms with E-state index in [-0.39, 0.29) is 0 Å². The van der Waals surface area contributed by atoms with Gasteiger partial charge in [0, 0.05) is 25.1 Å². The van der Waals surface area contributed by atoms with E-state index in [4.69, 9.17) is 21.1 Å². The van der Waals surface area contributed by atoms with Crippen LogP contribution in [0.5, 0.6) is 5.75 Å². The van der Waals surface area contributed by atoms with Gasteiger partial charge >= 0.3 is 0 Å². The largest absolute Gasteiger partial charge is 0.497 e. The van der Waals surface area contributed by atoms with Crippen LogP contribution in [0.2, 0.25) is 0 Å². The molecule has 0 bridgehead atoms. The van der Waals surface area contributed by atoms with Crippen LogP contribution in [-0.4, -0.2) is 29.9 Å². The fourth-order valence-corrected chi connectivity index (χ4v) is 2.78. The number of alkyl halides is 1. The topological polar surface area (TPSA) is 36.3 Å². The summed E-state index contributed by atoms with van der Waals surface area (Å²) in [6.45, 7) is 2.61. The normalized spacial score (nSPS) is 19.2. The highest BCUT2D eigenvalue weighted by Crippen LogP contribution is 2.25. The van der Waals surface area contributed by atoms with Crippen LogP contribution in [0.1, 0.15) is 12.2 Å². The van der Waals surface area contributed by atoms with Crippen LogP contribution in [0.3, 0.4) is 0 Å². The van der Waals surface area contributed by atoms with Gasteiger partial charge in [-0.15, -0.1) is 11.6 Å². The number of ether oxygens (including phenoxy) is 2. The van der Waals surface area contributed by atoms with Crippen LogP contribution < -0.4 is 4.74 Å². The molecule has 1 aliphatic rings. The van der Waals surface area contributed by atoms with Crippen molar-refractivity contribution in [1.82, 2.24) is 9.55 Å². The maximum absolute atomic E-state index is 6.02. The summed E-state index contributed by atoms with van der Waals surface area (Å²) in [5.74, 6) is 2.71. The summed E-state index contributed by atoms with van der Waals surface area (Å²) < 4.78 is 12.9. The molecule has 0 radical (unpaired) electrons. The number of methoxy groups -OCH3 is 1. The Morgan fingerprint density at radius 1 is 1.53 bits per heavy atom. The molecule has 1 aromatic carbocycles. The van der Waals surface area contributed by atoms with E-state index in [0.29, 0.717) is 11.8 Å². The third-order valence-electron chi connectivity index (χ3n) is 3.62. The summed E-state index contributed by atoms with van der Waals surface area (Å²) >= 11 is 6.02. The molecule has 0 aliphatic carbocycles. The summed E-state index contributed by atoms with van der Waals surface area (Å²) in [4.78, 5) is 4.59. The van der Waals surface area contributed by atoms with E-state index in [0.717, 1.165) is 48.8 Å². The lowest BCUT2D eigenvalue weighted by Crippen LogP contribution is -2.12. The fraction of sp³-hybridized carbons (Fsp3) is 0.500. The minimum Gasteiger partial charge on any atom is -0.497 e. The first-order valence-corrected chi connectivity index (χ1v) is 7.02. The van der Waals surface area contributed by atoms with Gasteiger partial charge in [-0.05, 0) is 18.6 Å². The van der Waals surface area contributed by atoms with Gasteiger partial charge in [0.2, 0.25) is 0 Å². The second-order valence-electron chi connectivity index (χ2n) is 4.86. The van der Waals surface area contributed by atoms with E-state index in [1.54, 1.807) is 7.11 Å². The minimum atomic E-state index is 0.421. The van der Waals surface area contributed by atoms with Gasteiger partial charge in [-0.3, -0.25) is 0 Å². The zero-order valence-corrected chi connectivity index (χ0v) is 11.7. The highest BCUT2D eigenvalue weighted by atomic mass is 35.5. The van der Waals surface area contributed by atoms with Crippen LogP contribution >= 0.6 is 11.6 Å². The maximum Gasteiger partial charge on any atom is 0.124 e. The van der Waals surface area contributed by atoms with Crippen molar-refractivity contribution in [1.29, 1.82) is 0 Å².